The molecule has 0 N–H and O–H groups in total. The highest BCUT2D eigenvalue weighted by molar-refractivity contribution is 5.90. The first-order chi connectivity index (χ1) is 12.8. The van der Waals surface area contributed by atoms with Crippen molar-refractivity contribution < 1.29 is 13.9 Å². The predicted octanol–water partition coefficient (Wildman–Crippen LogP) is 5.11. The Morgan fingerprint density at radius 3 is 2.46 bits per heavy atom. The molecule has 0 aliphatic heterocycles. The van der Waals surface area contributed by atoms with Gasteiger partial charge < -0.3 is 9.15 Å². The van der Waals surface area contributed by atoms with Gasteiger partial charge in [0.15, 0.2) is 5.58 Å². The number of carbonyl (C=O) groups excluding carboxylic acids is 1. The Kier molecular flexibility index (Phi) is 4.31. The fourth-order valence-electron chi connectivity index (χ4n) is 2.59. The van der Waals surface area contributed by atoms with E-state index in [2.05, 4.69) is 4.98 Å². The molecule has 126 valence electrons. The molecular formula is C22H15NO3. The van der Waals surface area contributed by atoms with Crippen molar-refractivity contribution in [3.8, 4) is 17.2 Å². The van der Waals surface area contributed by atoms with Gasteiger partial charge in [0, 0.05) is 6.08 Å². The third-order valence-corrected chi connectivity index (χ3v) is 3.83. The molecule has 26 heavy (non-hydrogen) atoms. The van der Waals surface area contributed by atoms with E-state index in [9.17, 15) is 4.79 Å². The summed E-state index contributed by atoms with van der Waals surface area (Å²) in [4.78, 5) is 16.6. The van der Waals surface area contributed by atoms with Crippen LogP contribution in [-0.2, 0) is 4.79 Å². The summed E-state index contributed by atoms with van der Waals surface area (Å²) in [6, 6.07) is 24.3. The molecule has 0 unspecified atom stereocenters. The maximum absolute atomic E-state index is 12.2. The van der Waals surface area contributed by atoms with Gasteiger partial charge in [-0.1, -0.05) is 54.6 Å². The maximum Gasteiger partial charge on any atom is 0.336 e. The van der Waals surface area contributed by atoms with Crippen LogP contribution in [0.25, 0.3) is 28.6 Å². The highest BCUT2D eigenvalue weighted by Crippen LogP contribution is 2.31. The van der Waals surface area contributed by atoms with E-state index in [1.807, 2.05) is 66.7 Å². The van der Waals surface area contributed by atoms with E-state index >= 15 is 0 Å². The zero-order valence-corrected chi connectivity index (χ0v) is 13.8. The van der Waals surface area contributed by atoms with Crippen molar-refractivity contribution in [3.63, 3.8) is 0 Å². The first kappa shape index (κ1) is 15.8. The van der Waals surface area contributed by atoms with Gasteiger partial charge in [0.2, 0.25) is 5.89 Å². The van der Waals surface area contributed by atoms with Crippen LogP contribution in [0.4, 0.5) is 0 Å². The lowest BCUT2D eigenvalue weighted by Crippen LogP contribution is -2.04. The van der Waals surface area contributed by atoms with E-state index in [0.717, 1.165) is 11.1 Å². The van der Waals surface area contributed by atoms with E-state index in [4.69, 9.17) is 9.15 Å². The number of hydrogen-bond donors (Lipinski definition) is 0. The van der Waals surface area contributed by atoms with Gasteiger partial charge in [0.05, 0.1) is 5.56 Å². The Labute approximate surface area is 150 Å². The largest absolute Gasteiger partial charge is 0.436 e. The quantitative estimate of drug-likeness (QED) is 0.294. The average molecular weight is 341 g/mol. The Morgan fingerprint density at radius 1 is 0.885 bits per heavy atom. The minimum atomic E-state index is -0.461. The molecule has 0 spiro atoms. The number of hydrogen-bond acceptors (Lipinski definition) is 4. The van der Waals surface area contributed by atoms with Gasteiger partial charge in [0.1, 0.15) is 11.3 Å². The summed E-state index contributed by atoms with van der Waals surface area (Å²) in [6.45, 7) is 0. The van der Waals surface area contributed by atoms with Crippen molar-refractivity contribution in [2.45, 2.75) is 0 Å². The van der Waals surface area contributed by atoms with Crippen LogP contribution < -0.4 is 4.74 Å². The van der Waals surface area contributed by atoms with Gasteiger partial charge >= 0.3 is 5.97 Å². The molecule has 1 heterocycles. The standard InChI is InChI=1S/C22H15NO3/c24-21(15-14-16-8-2-1-3-9-16)25-19-12-6-4-10-17(19)22-23-18-11-5-7-13-20(18)26-22/h1-15H/b15-14-. The van der Waals surface area contributed by atoms with Crippen LogP contribution >= 0.6 is 0 Å². The highest BCUT2D eigenvalue weighted by atomic mass is 16.5. The second-order valence-electron chi connectivity index (χ2n) is 5.65. The van der Waals surface area contributed by atoms with Gasteiger partial charge in [-0.15, -0.1) is 0 Å². The summed E-state index contributed by atoms with van der Waals surface area (Å²) in [5, 5.41) is 0. The lowest BCUT2D eigenvalue weighted by atomic mass is 10.2. The summed E-state index contributed by atoms with van der Waals surface area (Å²) in [5.41, 5.74) is 3.00. The van der Waals surface area contributed by atoms with Gasteiger partial charge in [-0.05, 0) is 35.9 Å². The molecule has 0 saturated heterocycles. The first-order valence-corrected chi connectivity index (χ1v) is 8.19. The van der Waals surface area contributed by atoms with E-state index in [-0.39, 0.29) is 0 Å². The van der Waals surface area contributed by atoms with E-state index in [0.29, 0.717) is 22.8 Å². The highest BCUT2D eigenvalue weighted by Gasteiger charge is 2.14. The van der Waals surface area contributed by atoms with Crippen LogP contribution in [0.2, 0.25) is 0 Å². The number of benzene rings is 3. The number of aromatic nitrogens is 1. The van der Waals surface area contributed by atoms with Crippen LogP contribution in [-0.4, -0.2) is 11.0 Å². The Morgan fingerprint density at radius 2 is 1.62 bits per heavy atom. The third-order valence-electron chi connectivity index (χ3n) is 3.83. The number of carbonyl (C=O) groups is 1. The van der Waals surface area contributed by atoms with E-state index < -0.39 is 5.97 Å². The smallest absolute Gasteiger partial charge is 0.336 e. The van der Waals surface area contributed by atoms with Gasteiger partial charge in [-0.2, -0.15) is 0 Å². The van der Waals surface area contributed by atoms with Gasteiger partial charge in [0.25, 0.3) is 0 Å². The van der Waals surface area contributed by atoms with Crippen LogP contribution in [0.5, 0.6) is 5.75 Å². The van der Waals surface area contributed by atoms with E-state index in [1.54, 1.807) is 18.2 Å². The average Bonchev–Trinajstić information content (AvgIpc) is 3.12. The molecule has 4 nitrogen and oxygen atoms in total. The second kappa shape index (κ2) is 7.07. The van der Waals surface area contributed by atoms with Crippen molar-refractivity contribution >= 4 is 23.1 Å². The SMILES string of the molecule is O=C(/C=C\c1ccccc1)Oc1ccccc1-c1nc2ccccc2o1. The second-order valence-corrected chi connectivity index (χ2v) is 5.65. The lowest BCUT2D eigenvalue weighted by Gasteiger charge is -2.05. The number of oxazole rings is 1. The van der Waals surface area contributed by atoms with Gasteiger partial charge in [-0.3, -0.25) is 0 Å². The fraction of sp³-hybridized carbons (Fsp3) is 0. The number of ether oxygens (including phenoxy) is 1. The predicted molar refractivity (Wildman–Crippen MR) is 101 cm³/mol. The zero-order valence-electron chi connectivity index (χ0n) is 13.8. The molecule has 4 heteroatoms. The first-order valence-electron chi connectivity index (χ1n) is 8.19. The molecule has 0 bridgehead atoms. The van der Waals surface area contributed by atoms with E-state index in [1.165, 1.54) is 6.08 Å². The van der Waals surface area contributed by atoms with Crippen LogP contribution in [0, 0.1) is 0 Å². The number of esters is 1. The summed E-state index contributed by atoms with van der Waals surface area (Å²) in [7, 11) is 0. The van der Waals surface area contributed by atoms with Crippen molar-refractivity contribution in [2.75, 3.05) is 0 Å². The minimum Gasteiger partial charge on any atom is -0.436 e. The number of rotatable bonds is 4. The molecular weight excluding hydrogens is 326 g/mol. The summed E-state index contributed by atoms with van der Waals surface area (Å²) in [5.74, 6) is 0.362. The Bertz CT molecular complexity index is 1050. The molecule has 0 amide bonds. The fourth-order valence-corrected chi connectivity index (χ4v) is 2.59. The third kappa shape index (κ3) is 3.39. The molecule has 0 atom stereocenters. The molecule has 0 aliphatic rings. The Hall–Kier alpha value is -3.66. The topological polar surface area (TPSA) is 52.3 Å². The molecule has 0 aliphatic carbocycles. The van der Waals surface area contributed by atoms with Crippen LogP contribution in [0.3, 0.4) is 0 Å². The molecule has 3 aromatic carbocycles. The van der Waals surface area contributed by atoms with Crippen LogP contribution in [0.1, 0.15) is 5.56 Å². The number of fused-ring (bicyclic) bond motifs is 1. The monoisotopic (exact) mass is 341 g/mol. The molecule has 4 aromatic rings. The normalized spacial score (nSPS) is 11.1. The van der Waals surface area contributed by atoms with Crippen molar-refractivity contribution in [2.24, 2.45) is 0 Å². The number of nitrogens with zero attached hydrogens (tertiary/aromatic N) is 1. The zero-order chi connectivity index (χ0) is 17.8. The summed E-state index contributed by atoms with van der Waals surface area (Å²) >= 11 is 0. The minimum absolute atomic E-state index is 0.404. The molecule has 0 radical (unpaired) electrons. The van der Waals surface area contributed by atoms with Gasteiger partial charge in [-0.25, -0.2) is 9.78 Å². The van der Waals surface area contributed by atoms with Crippen molar-refractivity contribution in [1.29, 1.82) is 0 Å². The molecule has 1 aromatic heterocycles. The molecule has 0 saturated carbocycles. The maximum atomic E-state index is 12.2. The summed E-state index contributed by atoms with van der Waals surface area (Å²) in [6.07, 6.45) is 3.11. The van der Waals surface area contributed by atoms with Crippen LogP contribution in [0.15, 0.2) is 89.4 Å². The number of para-hydroxylation sites is 3. The molecule has 0 fully saturated rings. The lowest BCUT2D eigenvalue weighted by molar-refractivity contribution is -0.128. The molecule has 4 rings (SSSR count). The summed E-state index contributed by atoms with van der Waals surface area (Å²) < 4.78 is 11.3. The van der Waals surface area contributed by atoms with Crippen molar-refractivity contribution in [1.82, 2.24) is 4.98 Å². The Balaban J connectivity index is 1.59. The van der Waals surface area contributed by atoms with Crippen molar-refractivity contribution in [3.05, 3.63) is 90.5 Å².